The maximum atomic E-state index is 12.7. The van der Waals surface area contributed by atoms with Crippen LogP contribution in [0.4, 0.5) is 5.69 Å². The van der Waals surface area contributed by atoms with Crippen molar-refractivity contribution in [2.24, 2.45) is 0 Å². The number of nitrogens with one attached hydrogen (secondary N) is 1. The SMILES string of the molecule is Cc1ccc(S(=O)(=O)Nc2cnn(C(C)C)c2)c(C)c1OCC(=O)O. The lowest BCUT2D eigenvalue weighted by molar-refractivity contribution is -0.139. The Morgan fingerprint density at radius 2 is 2.04 bits per heavy atom. The van der Waals surface area contributed by atoms with E-state index >= 15 is 0 Å². The molecule has 1 aromatic carbocycles. The molecule has 9 heteroatoms. The molecule has 0 aliphatic rings. The number of hydrogen-bond donors (Lipinski definition) is 2. The van der Waals surface area contributed by atoms with Crippen molar-refractivity contribution in [1.29, 1.82) is 0 Å². The average molecular weight is 367 g/mol. The number of carboxylic acid groups (broad SMARTS) is 1. The molecule has 0 saturated carbocycles. The Bertz CT molecular complexity index is 887. The summed E-state index contributed by atoms with van der Waals surface area (Å²) in [6.07, 6.45) is 3.04. The van der Waals surface area contributed by atoms with Crippen LogP contribution in [0.25, 0.3) is 0 Å². The summed E-state index contributed by atoms with van der Waals surface area (Å²) < 4.78 is 34.7. The predicted octanol–water partition coefficient (Wildman–Crippen LogP) is 2.35. The van der Waals surface area contributed by atoms with Gasteiger partial charge in [0, 0.05) is 17.8 Å². The first-order valence-electron chi connectivity index (χ1n) is 7.63. The molecular formula is C16H21N3O5S. The average Bonchev–Trinajstić information content (AvgIpc) is 2.94. The van der Waals surface area contributed by atoms with E-state index in [9.17, 15) is 13.2 Å². The van der Waals surface area contributed by atoms with Crippen LogP contribution in [-0.2, 0) is 14.8 Å². The van der Waals surface area contributed by atoms with Crippen molar-refractivity contribution >= 4 is 21.7 Å². The molecule has 1 heterocycles. The van der Waals surface area contributed by atoms with Gasteiger partial charge in [0.1, 0.15) is 5.75 Å². The monoisotopic (exact) mass is 367 g/mol. The van der Waals surface area contributed by atoms with E-state index in [1.807, 2.05) is 13.8 Å². The topological polar surface area (TPSA) is 111 Å². The first-order valence-corrected chi connectivity index (χ1v) is 9.12. The molecule has 1 aromatic heterocycles. The molecule has 8 nitrogen and oxygen atoms in total. The van der Waals surface area contributed by atoms with Gasteiger partial charge in [0.2, 0.25) is 0 Å². The lowest BCUT2D eigenvalue weighted by Crippen LogP contribution is -2.16. The fourth-order valence-corrected chi connectivity index (χ4v) is 3.61. The minimum atomic E-state index is -3.86. The summed E-state index contributed by atoms with van der Waals surface area (Å²) in [6.45, 7) is 6.62. The van der Waals surface area contributed by atoms with E-state index in [1.54, 1.807) is 30.8 Å². The van der Waals surface area contributed by atoms with E-state index in [1.165, 1.54) is 12.3 Å². The van der Waals surface area contributed by atoms with E-state index < -0.39 is 22.6 Å². The summed E-state index contributed by atoms with van der Waals surface area (Å²) in [5.41, 5.74) is 1.36. The Labute approximate surface area is 146 Å². The van der Waals surface area contributed by atoms with Crippen LogP contribution in [0.3, 0.4) is 0 Å². The predicted molar refractivity (Wildman–Crippen MR) is 92.5 cm³/mol. The second-order valence-corrected chi connectivity index (χ2v) is 7.58. The van der Waals surface area contributed by atoms with E-state index in [2.05, 4.69) is 9.82 Å². The van der Waals surface area contributed by atoms with E-state index in [0.717, 1.165) is 0 Å². The molecule has 0 atom stereocenters. The third-order valence-electron chi connectivity index (χ3n) is 3.57. The third-order valence-corrected chi connectivity index (χ3v) is 5.09. The fourth-order valence-electron chi connectivity index (χ4n) is 2.34. The van der Waals surface area contributed by atoms with Gasteiger partial charge in [0.15, 0.2) is 6.61 Å². The molecule has 0 aliphatic carbocycles. The first kappa shape index (κ1) is 18.8. The van der Waals surface area contributed by atoms with Crippen molar-refractivity contribution in [3.05, 3.63) is 35.7 Å². The minimum absolute atomic E-state index is 0.0239. The Morgan fingerprint density at radius 1 is 1.36 bits per heavy atom. The van der Waals surface area contributed by atoms with Gasteiger partial charge >= 0.3 is 5.97 Å². The first-order chi connectivity index (χ1) is 11.6. The standard InChI is InChI=1S/C16H21N3O5S/c1-10(2)19-8-13(7-17-19)18-25(22,23)14-6-5-11(3)16(12(14)4)24-9-15(20)21/h5-8,10,18H,9H2,1-4H3,(H,20,21). The minimum Gasteiger partial charge on any atom is -0.481 e. The molecule has 2 rings (SSSR count). The van der Waals surface area contributed by atoms with Crippen molar-refractivity contribution in [3.63, 3.8) is 0 Å². The molecule has 0 fully saturated rings. The number of carbonyl (C=O) groups is 1. The summed E-state index contributed by atoms with van der Waals surface area (Å²) in [5.74, 6) is -0.880. The van der Waals surface area contributed by atoms with Crippen LogP contribution in [0.1, 0.15) is 31.0 Å². The normalized spacial score (nSPS) is 11.6. The van der Waals surface area contributed by atoms with Crippen LogP contribution < -0.4 is 9.46 Å². The zero-order chi connectivity index (χ0) is 18.8. The molecule has 0 spiro atoms. The number of rotatable bonds is 7. The summed E-state index contributed by atoms with van der Waals surface area (Å²) in [5, 5.41) is 12.9. The third kappa shape index (κ3) is 4.30. The molecule has 25 heavy (non-hydrogen) atoms. The van der Waals surface area contributed by atoms with Crippen molar-refractivity contribution in [1.82, 2.24) is 9.78 Å². The highest BCUT2D eigenvalue weighted by atomic mass is 32.2. The highest BCUT2D eigenvalue weighted by Gasteiger charge is 2.22. The van der Waals surface area contributed by atoms with Crippen LogP contribution in [0.5, 0.6) is 5.75 Å². The Balaban J connectivity index is 2.35. The largest absolute Gasteiger partial charge is 0.481 e. The van der Waals surface area contributed by atoms with Crippen molar-refractivity contribution in [3.8, 4) is 5.75 Å². The van der Waals surface area contributed by atoms with Crippen LogP contribution >= 0.6 is 0 Å². The smallest absolute Gasteiger partial charge is 0.341 e. The van der Waals surface area contributed by atoms with E-state index in [0.29, 0.717) is 16.8 Å². The van der Waals surface area contributed by atoms with Gasteiger partial charge in [-0.15, -0.1) is 0 Å². The number of hydrogen-bond acceptors (Lipinski definition) is 5. The van der Waals surface area contributed by atoms with Gasteiger partial charge in [0.05, 0.1) is 16.8 Å². The van der Waals surface area contributed by atoms with Gasteiger partial charge in [-0.3, -0.25) is 9.40 Å². The van der Waals surface area contributed by atoms with Gasteiger partial charge in [-0.1, -0.05) is 6.07 Å². The highest BCUT2D eigenvalue weighted by molar-refractivity contribution is 7.92. The summed E-state index contributed by atoms with van der Waals surface area (Å²) >= 11 is 0. The molecule has 136 valence electrons. The lowest BCUT2D eigenvalue weighted by atomic mass is 10.1. The Hall–Kier alpha value is -2.55. The highest BCUT2D eigenvalue weighted by Crippen LogP contribution is 2.30. The number of sulfonamides is 1. The Morgan fingerprint density at radius 3 is 2.60 bits per heavy atom. The zero-order valence-electron chi connectivity index (χ0n) is 14.5. The molecular weight excluding hydrogens is 346 g/mol. The molecule has 2 aromatic rings. The molecule has 0 bridgehead atoms. The maximum Gasteiger partial charge on any atom is 0.341 e. The van der Waals surface area contributed by atoms with Crippen molar-refractivity contribution < 1.29 is 23.1 Å². The second kappa shape index (κ2) is 7.14. The molecule has 2 N–H and O–H groups in total. The van der Waals surface area contributed by atoms with Gasteiger partial charge in [-0.2, -0.15) is 5.10 Å². The van der Waals surface area contributed by atoms with Crippen LogP contribution in [0.2, 0.25) is 0 Å². The number of aryl methyl sites for hydroxylation is 1. The molecule has 0 unspecified atom stereocenters. The van der Waals surface area contributed by atoms with Gasteiger partial charge < -0.3 is 9.84 Å². The fraction of sp³-hybridized carbons (Fsp3) is 0.375. The van der Waals surface area contributed by atoms with Crippen LogP contribution in [0, 0.1) is 13.8 Å². The number of anilines is 1. The molecule has 0 amide bonds. The van der Waals surface area contributed by atoms with E-state index in [4.69, 9.17) is 9.84 Å². The summed E-state index contributed by atoms with van der Waals surface area (Å²) in [4.78, 5) is 10.7. The molecule has 0 aliphatic heterocycles. The number of ether oxygens (including phenoxy) is 1. The number of benzene rings is 1. The van der Waals surface area contributed by atoms with Gasteiger partial charge in [-0.05, 0) is 39.3 Å². The quantitative estimate of drug-likeness (QED) is 0.777. The Kier molecular flexibility index (Phi) is 5.36. The summed E-state index contributed by atoms with van der Waals surface area (Å²) in [7, 11) is -3.86. The zero-order valence-corrected chi connectivity index (χ0v) is 15.3. The van der Waals surface area contributed by atoms with Crippen molar-refractivity contribution in [2.45, 2.75) is 38.6 Å². The second-order valence-electron chi connectivity index (χ2n) is 5.93. The number of carboxylic acids is 1. The van der Waals surface area contributed by atoms with E-state index in [-0.39, 0.29) is 16.7 Å². The van der Waals surface area contributed by atoms with Crippen LogP contribution in [0.15, 0.2) is 29.4 Å². The van der Waals surface area contributed by atoms with Gasteiger partial charge in [-0.25, -0.2) is 13.2 Å². The maximum absolute atomic E-state index is 12.7. The van der Waals surface area contributed by atoms with Gasteiger partial charge in [0.25, 0.3) is 10.0 Å². The molecule has 0 radical (unpaired) electrons. The molecule has 0 saturated heterocycles. The number of nitrogens with zero attached hydrogens (tertiary/aromatic N) is 2. The van der Waals surface area contributed by atoms with Crippen molar-refractivity contribution in [2.75, 3.05) is 11.3 Å². The lowest BCUT2D eigenvalue weighted by Gasteiger charge is -2.15. The number of aromatic nitrogens is 2. The van der Waals surface area contributed by atoms with Crippen LogP contribution in [-0.4, -0.2) is 35.9 Å². The number of aliphatic carboxylic acids is 1. The summed E-state index contributed by atoms with van der Waals surface area (Å²) in [6, 6.07) is 3.15.